The van der Waals surface area contributed by atoms with Crippen LogP contribution in [0.2, 0.25) is 5.02 Å². The number of aromatic nitrogens is 2. The first-order chi connectivity index (χ1) is 14.0. The molecule has 1 amide bonds. The number of fused-ring (bicyclic) bond motifs is 1. The van der Waals surface area contributed by atoms with Gasteiger partial charge in [0.05, 0.1) is 5.52 Å². The van der Waals surface area contributed by atoms with Crippen LogP contribution in [0.25, 0.3) is 22.0 Å². The molecule has 0 bridgehead atoms. The van der Waals surface area contributed by atoms with Crippen LogP contribution < -0.4 is 4.90 Å². The first kappa shape index (κ1) is 19.3. The van der Waals surface area contributed by atoms with Gasteiger partial charge in [0.25, 0.3) is 0 Å². The summed E-state index contributed by atoms with van der Waals surface area (Å²) in [6.07, 6.45) is 2.75. The highest BCUT2D eigenvalue weighted by Crippen LogP contribution is 2.36. The van der Waals surface area contributed by atoms with Gasteiger partial charge in [-0.1, -0.05) is 18.2 Å². The molecule has 3 aromatic rings. The van der Waals surface area contributed by atoms with Crippen LogP contribution in [0.4, 0.5) is 14.6 Å². The van der Waals surface area contributed by atoms with Crippen molar-refractivity contribution in [2.75, 3.05) is 31.1 Å². The molecule has 8 heteroatoms. The van der Waals surface area contributed by atoms with E-state index in [2.05, 4.69) is 21.4 Å². The summed E-state index contributed by atoms with van der Waals surface area (Å²) >= 11 is 6.45. The maximum Gasteiger partial charge on any atom is 0.246 e. The fourth-order valence-electron chi connectivity index (χ4n) is 3.50. The molecule has 0 radical (unpaired) electrons. The first-order valence-corrected chi connectivity index (χ1v) is 9.41. The number of carbonyl (C=O) groups excluding carboxylic acids is 1. The third-order valence-electron chi connectivity index (χ3n) is 4.99. The fourth-order valence-corrected chi connectivity index (χ4v) is 3.76. The molecule has 2 aromatic carbocycles. The summed E-state index contributed by atoms with van der Waals surface area (Å²) in [4.78, 5) is 24.3. The molecule has 1 aromatic heterocycles. The van der Waals surface area contributed by atoms with E-state index < -0.39 is 11.6 Å². The van der Waals surface area contributed by atoms with Crippen LogP contribution in [-0.4, -0.2) is 47.0 Å². The van der Waals surface area contributed by atoms with Crippen LogP contribution in [0, 0.1) is 11.6 Å². The Kier molecular flexibility index (Phi) is 5.15. The Bertz CT molecular complexity index is 1110. The third-order valence-corrected chi connectivity index (χ3v) is 5.30. The van der Waals surface area contributed by atoms with Gasteiger partial charge in [-0.2, -0.15) is 0 Å². The highest BCUT2D eigenvalue weighted by Gasteiger charge is 2.22. The maximum absolute atomic E-state index is 14.2. The Morgan fingerprint density at radius 1 is 1.07 bits per heavy atom. The maximum atomic E-state index is 14.2. The van der Waals surface area contributed by atoms with Crippen LogP contribution >= 0.6 is 11.6 Å². The highest BCUT2D eigenvalue weighted by molar-refractivity contribution is 6.34. The highest BCUT2D eigenvalue weighted by atomic mass is 35.5. The molecule has 0 unspecified atom stereocenters. The number of halogens is 3. The minimum atomic E-state index is -0.691. The molecule has 1 aliphatic heterocycles. The number of piperazine rings is 1. The second-order valence-corrected chi connectivity index (χ2v) is 7.09. The SMILES string of the molecule is C=CC(=O)N1CCN(c2ncnc3cc(-c4ccc(F)cc4F)c(Cl)cc23)CC1. The van der Waals surface area contributed by atoms with E-state index in [1.807, 2.05) is 0 Å². The quantitative estimate of drug-likeness (QED) is 0.606. The Morgan fingerprint density at radius 2 is 1.83 bits per heavy atom. The largest absolute Gasteiger partial charge is 0.352 e. The number of rotatable bonds is 3. The lowest BCUT2D eigenvalue weighted by molar-refractivity contribution is -0.126. The molecule has 0 aliphatic carbocycles. The van der Waals surface area contributed by atoms with Gasteiger partial charge >= 0.3 is 0 Å². The summed E-state index contributed by atoms with van der Waals surface area (Å²) in [6.45, 7) is 5.85. The number of hydrogen-bond acceptors (Lipinski definition) is 4. The molecule has 2 heterocycles. The van der Waals surface area contributed by atoms with Crippen LogP contribution in [0.5, 0.6) is 0 Å². The van der Waals surface area contributed by atoms with E-state index >= 15 is 0 Å². The van der Waals surface area contributed by atoms with Gasteiger partial charge in [0.1, 0.15) is 23.8 Å². The van der Waals surface area contributed by atoms with Gasteiger partial charge in [-0.3, -0.25) is 4.79 Å². The Morgan fingerprint density at radius 3 is 2.52 bits per heavy atom. The summed E-state index contributed by atoms with van der Waals surface area (Å²) < 4.78 is 27.5. The minimum absolute atomic E-state index is 0.0915. The number of carbonyl (C=O) groups is 1. The average Bonchev–Trinajstić information content (AvgIpc) is 2.73. The lowest BCUT2D eigenvalue weighted by Gasteiger charge is -2.35. The molecule has 148 valence electrons. The molecule has 1 saturated heterocycles. The lowest BCUT2D eigenvalue weighted by atomic mass is 10.0. The average molecular weight is 415 g/mol. The molecule has 1 aliphatic rings. The van der Waals surface area contributed by atoms with Crippen LogP contribution in [-0.2, 0) is 4.79 Å². The number of hydrogen-bond donors (Lipinski definition) is 0. The van der Waals surface area contributed by atoms with Gasteiger partial charge in [0, 0.05) is 53.8 Å². The van der Waals surface area contributed by atoms with Crippen molar-refractivity contribution in [3.63, 3.8) is 0 Å². The van der Waals surface area contributed by atoms with Gasteiger partial charge in [-0.05, 0) is 30.3 Å². The zero-order valence-corrected chi connectivity index (χ0v) is 16.2. The molecule has 0 N–H and O–H groups in total. The standard InChI is InChI=1S/C21H17ClF2N4O/c1-2-20(29)27-5-7-28(8-6-27)21-16-10-17(22)15(11-19(16)25-12-26-21)14-4-3-13(23)9-18(14)24/h2-4,9-12H,1,5-8H2. The van der Waals surface area contributed by atoms with Gasteiger partial charge in [0.2, 0.25) is 5.91 Å². The zero-order chi connectivity index (χ0) is 20.5. The number of nitrogens with zero attached hydrogens (tertiary/aromatic N) is 4. The number of anilines is 1. The van der Waals surface area contributed by atoms with Gasteiger partial charge < -0.3 is 9.80 Å². The molecule has 0 atom stereocenters. The van der Waals surface area contributed by atoms with Gasteiger partial charge in [-0.25, -0.2) is 18.7 Å². The Hall–Kier alpha value is -3.06. The van der Waals surface area contributed by atoms with E-state index in [-0.39, 0.29) is 11.5 Å². The predicted molar refractivity (Wildman–Crippen MR) is 109 cm³/mol. The van der Waals surface area contributed by atoms with E-state index in [4.69, 9.17) is 11.6 Å². The van der Waals surface area contributed by atoms with E-state index in [1.165, 1.54) is 24.5 Å². The van der Waals surface area contributed by atoms with Crippen molar-refractivity contribution in [3.8, 4) is 11.1 Å². The molecule has 0 saturated carbocycles. The third kappa shape index (κ3) is 3.65. The minimum Gasteiger partial charge on any atom is -0.352 e. The fraction of sp³-hybridized carbons (Fsp3) is 0.190. The van der Waals surface area contributed by atoms with Gasteiger partial charge in [-0.15, -0.1) is 0 Å². The molecule has 0 spiro atoms. The predicted octanol–water partition coefficient (Wildman–Crippen LogP) is 4.06. The summed E-state index contributed by atoms with van der Waals surface area (Å²) in [5.41, 5.74) is 1.24. The van der Waals surface area contributed by atoms with Crippen molar-refractivity contribution in [1.29, 1.82) is 0 Å². The van der Waals surface area contributed by atoms with Crippen molar-refractivity contribution in [3.05, 3.63) is 66.0 Å². The monoisotopic (exact) mass is 414 g/mol. The van der Waals surface area contributed by atoms with E-state index in [0.29, 0.717) is 48.1 Å². The molecule has 5 nitrogen and oxygen atoms in total. The van der Waals surface area contributed by atoms with Crippen LogP contribution in [0.1, 0.15) is 0 Å². The Labute approximate surface area is 171 Å². The molecule has 29 heavy (non-hydrogen) atoms. The molecular weight excluding hydrogens is 398 g/mol. The van der Waals surface area contributed by atoms with E-state index in [1.54, 1.807) is 17.0 Å². The van der Waals surface area contributed by atoms with Crippen molar-refractivity contribution in [1.82, 2.24) is 14.9 Å². The number of benzene rings is 2. The van der Waals surface area contributed by atoms with Crippen molar-refractivity contribution < 1.29 is 13.6 Å². The normalized spacial score (nSPS) is 14.3. The van der Waals surface area contributed by atoms with Crippen molar-refractivity contribution >= 4 is 34.2 Å². The summed E-state index contributed by atoms with van der Waals surface area (Å²) in [7, 11) is 0. The summed E-state index contributed by atoms with van der Waals surface area (Å²) in [5, 5.41) is 1.05. The molecular formula is C21H17ClF2N4O. The second kappa shape index (κ2) is 7.75. The van der Waals surface area contributed by atoms with Crippen LogP contribution in [0.15, 0.2) is 49.3 Å². The van der Waals surface area contributed by atoms with Crippen molar-refractivity contribution in [2.24, 2.45) is 0 Å². The van der Waals surface area contributed by atoms with E-state index in [9.17, 15) is 13.6 Å². The first-order valence-electron chi connectivity index (χ1n) is 9.04. The van der Waals surface area contributed by atoms with Crippen molar-refractivity contribution in [2.45, 2.75) is 0 Å². The smallest absolute Gasteiger partial charge is 0.246 e. The zero-order valence-electron chi connectivity index (χ0n) is 15.4. The topological polar surface area (TPSA) is 49.3 Å². The van der Waals surface area contributed by atoms with Gasteiger partial charge in [0.15, 0.2) is 0 Å². The number of amides is 1. The Balaban J connectivity index is 1.70. The summed E-state index contributed by atoms with van der Waals surface area (Å²) in [6, 6.07) is 6.75. The van der Waals surface area contributed by atoms with Crippen LogP contribution in [0.3, 0.4) is 0 Å². The van der Waals surface area contributed by atoms with E-state index in [0.717, 1.165) is 11.5 Å². The lowest BCUT2D eigenvalue weighted by Crippen LogP contribution is -2.48. The molecule has 4 rings (SSSR count). The second-order valence-electron chi connectivity index (χ2n) is 6.69. The summed E-state index contributed by atoms with van der Waals surface area (Å²) in [5.74, 6) is -0.731. The molecule has 1 fully saturated rings.